The van der Waals surface area contributed by atoms with Crippen molar-refractivity contribution >= 4 is 23.1 Å². The highest BCUT2D eigenvalue weighted by Gasteiger charge is 2.47. The van der Waals surface area contributed by atoms with Crippen LogP contribution in [0.15, 0.2) is 48.0 Å². The second-order valence-corrected chi connectivity index (χ2v) is 9.68. The Hall–Kier alpha value is -3.32. The van der Waals surface area contributed by atoms with Crippen LogP contribution in [-0.4, -0.2) is 60.6 Å². The van der Waals surface area contributed by atoms with Crippen molar-refractivity contribution in [2.45, 2.75) is 59.1 Å². The molecular formula is C30H38N2O5. The number of aryl methyl sites for hydroxylation is 1. The van der Waals surface area contributed by atoms with E-state index in [1.165, 1.54) is 0 Å². The molecule has 2 aromatic carbocycles. The fourth-order valence-electron chi connectivity index (χ4n) is 5.20. The number of ketones is 1. The lowest BCUT2D eigenvalue weighted by atomic mass is 9.94. The van der Waals surface area contributed by atoms with Gasteiger partial charge in [0.15, 0.2) is 0 Å². The summed E-state index contributed by atoms with van der Waals surface area (Å²) >= 11 is 0. The van der Waals surface area contributed by atoms with E-state index in [1.807, 2.05) is 38.1 Å². The molecule has 0 aromatic heterocycles. The van der Waals surface area contributed by atoms with Crippen molar-refractivity contribution in [3.63, 3.8) is 0 Å². The van der Waals surface area contributed by atoms with Gasteiger partial charge in [-0.25, -0.2) is 0 Å². The summed E-state index contributed by atoms with van der Waals surface area (Å²) in [7, 11) is 0. The quantitative estimate of drug-likeness (QED) is 0.270. The van der Waals surface area contributed by atoms with Crippen LogP contribution in [-0.2, 0) is 14.3 Å². The van der Waals surface area contributed by atoms with Crippen molar-refractivity contribution in [3.05, 3.63) is 64.7 Å². The van der Waals surface area contributed by atoms with Crippen LogP contribution >= 0.6 is 0 Å². The van der Waals surface area contributed by atoms with E-state index in [9.17, 15) is 14.7 Å². The molecule has 2 aliphatic rings. The van der Waals surface area contributed by atoms with Crippen LogP contribution in [0.25, 0.3) is 5.76 Å². The number of ether oxygens (including phenoxy) is 2. The average Bonchev–Trinajstić information content (AvgIpc) is 3.51. The van der Waals surface area contributed by atoms with Crippen molar-refractivity contribution in [1.29, 1.82) is 0 Å². The van der Waals surface area contributed by atoms with Gasteiger partial charge in [-0.1, -0.05) is 19.1 Å². The van der Waals surface area contributed by atoms with Crippen molar-refractivity contribution in [3.8, 4) is 5.75 Å². The summed E-state index contributed by atoms with van der Waals surface area (Å²) in [6.45, 7) is 11.5. The van der Waals surface area contributed by atoms with E-state index in [1.54, 1.807) is 23.1 Å². The normalized spacial score (nSPS) is 21.0. The van der Waals surface area contributed by atoms with Gasteiger partial charge in [-0.15, -0.1) is 0 Å². The Balaban J connectivity index is 1.76. The largest absolute Gasteiger partial charge is 0.507 e. The Labute approximate surface area is 219 Å². The Kier molecular flexibility index (Phi) is 8.54. The monoisotopic (exact) mass is 506 g/mol. The highest BCUT2D eigenvalue weighted by Crippen LogP contribution is 2.41. The van der Waals surface area contributed by atoms with Gasteiger partial charge in [0.2, 0.25) is 0 Å². The summed E-state index contributed by atoms with van der Waals surface area (Å²) in [6, 6.07) is 12.6. The number of carbonyl (C=O) groups excluding carboxylic acids is 2. The van der Waals surface area contributed by atoms with Crippen LogP contribution in [0.4, 0.5) is 5.69 Å². The number of amides is 1. The van der Waals surface area contributed by atoms with Crippen molar-refractivity contribution < 1.29 is 24.2 Å². The molecule has 0 bridgehead atoms. The SMILES string of the molecule is CCCOc1ccc(/C(O)=C2/C(=O)C(=O)N(CC3CCCO3)C2c2ccc(N(CC)CC)cc2)cc1C. The first kappa shape index (κ1) is 26.7. The summed E-state index contributed by atoms with van der Waals surface area (Å²) in [5.41, 5.74) is 3.31. The number of nitrogens with zero attached hydrogens (tertiary/aromatic N) is 2. The number of aliphatic hydroxyl groups is 1. The summed E-state index contributed by atoms with van der Waals surface area (Å²) in [5.74, 6) is -0.705. The van der Waals surface area contributed by atoms with Gasteiger partial charge in [0.1, 0.15) is 11.5 Å². The fraction of sp³-hybridized carbons (Fsp3) is 0.467. The molecule has 2 fully saturated rings. The van der Waals surface area contributed by atoms with Gasteiger partial charge >= 0.3 is 0 Å². The number of likely N-dealkylation sites (tertiary alicyclic amines) is 1. The van der Waals surface area contributed by atoms with E-state index >= 15 is 0 Å². The lowest BCUT2D eigenvalue weighted by Crippen LogP contribution is -2.36. The molecule has 2 heterocycles. The lowest BCUT2D eigenvalue weighted by Gasteiger charge is -2.28. The van der Waals surface area contributed by atoms with Crippen LogP contribution < -0.4 is 9.64 Å². The zero-order valence-electron chi connectivity index (χ0n) is 22.3. The first-order chi connectivity index (χ1) is 17.9. The van der Waals surface area contributed by atoms with Crippen LogP contribution in [0.1, 0.15) is 62.8 Å². The molecule has 1 N–H and O–H groups in total. The molecule has 2 aliphatic heterocycles. The molecule has 2 unspecified atom stereocenters. The number of benzene rings is 2. The van der Waals surface area contributed by atoms with Gasteiger partial charge in [-0.2, -0.15) is 0 Å². The van der Waals surface area contributed by atoms with Gasteiger partial charge in [-0.05, 0) is 81.5 Å². The third-order valence-corrected chi connectivity index (χ3v) is 7.21. The van der Waals surface area contributed by atoms with Crippen molar-refractivity contribution in [1.82, 2.24) is 4.90 Å². The van der Waals surface area contributed by atoms with Gasteiger partial charge in [0, 0.05) is 37.5 Å². The summed E-state index contributed by atoms with van der Waals surface area (Å²) in [4.78, 5) is 30.4. The Morgan fingerprint density at radius 2 is 1.84 bits per heavy atom. The second-order valence-electron chi connectivity index (χ2n) is 9.68. The molecule has 7 nitrogen and oxygen atoms in total. The predicted octanol–water partition coefficient (Wildman–Crippen LogP) is 5.23. The molecule has 4 rings (SSSR count). The van der Waals surface area contributed by atoms with Gasteiger partial charge in [0.25, 0.3) is 11.7 Å². The van der Waals surface area contributed by atoms with E-state index in [-0.39, 0.29) is 17.4 Å². The number of Topliss-reactive ketones (excluding diaryl/α,β-unsaturated/α-hetero) is 1. The maximum atomic E-state index is 13.4. The molecule has 0 saturated carbocycles. The first-order valence-corrected chi connectivity index (χ1v) is 13.4. The van der Waals surface area contributed by atoms with Gasteiger partial charge in [-0.3, -0.25) is 9.59 Å². The highest BCUT2D eigenvalue weighted by atomic mass is 16.5. The minimum atomic E-state index is -0.689. The molecule has 2 aromatic rings. The molecule has 198 valence electrons. The van der Waals surface area contributed by atoms with E-state index < -0.39 is 17.7 Å². The second kappa shape index (κ2) is 11.8. The Morgan fingerprint density at radius 3 is 2.43 bits per heavy atom. The van der Waals surface area contributed by atoms with Crippen molar-refractivity contribution in [2.75, 3.05) is 37.7 Å². The third-order valence-electron chi connectivity index (χ3n) is 7.21. The number of hydrogen-bond acceptors (Lipinski definition) is 6. The molecule has 0 spiro atoms. The summed E-state index contributed by atoms with van der Waals surface area (Å²) < 4.78 is 11.6. The van der Waals surface area contributed by atoms with E-state index in [4.69, 9.17) is 9.47 Å². The highest BCUT2D eigenvalue weighted by molar-refractivity contribution is 6.46. The molecule has 2 atom stereocenters. The van der Waals surface area contributed by atoms with Crippen LogP contribution in [0.2, 0.25) is 0 Å². The van der Waals surface area contributed by atoms with Crippen LogP contribution in [0.3, 0.4) is 0 Å². The fourth-order valence-corrected chi connectivity index (χ4v) is 5.20. The Bertz CT molecular complexity index is 1150. The number of anilines is 1. The predicted molar refractivity (Wildman–Crippen MR) is 145 cm³/mol. The lowest BCUT2D eigenvalue weighted by molar-refractivity contribution is -0.140. The maximum absolute atomic E-state index is 13.4. The number of hydrogen-bond donors (Lipinski definition) is 1. The zero-order chi connectivity index (χ0) is 26.5. The minimum absolute atomic E-state index is 0.111. The third kappa shape index (κ3) is 5.52. The smallest absolute Gasteiger partial charge is 0.295 e. The van der Waals surface area contributed by atoms with Gasteiger partial charge in [0.05, 0.1) is 24.3 Å². The van der Waals surface area contributed by atoms with Gasteiger partial charge < -0.3 is 24.4 Å². The topological polar surface area (TPSA) is 79.3 Å². The van der Waals surface area contributed by atoms with Crippen LogP contribution in [0.5, 0.6) is 5.75 Å². The minimum Gasteiger partial charge on any atom is -0.507 e. The molecule has 7 heteroatoms. The van der Waals surface area contributed by atoms with E-state index in [0.717, 1.165) is 54.9 Å². The van der Waals surface area contributed by atoms with Crippen LogP contribution in [0, 0.1) is 6.92 Å². The summed E-state index contributed by atoms with van der Waals surface area (Å²) in [5, 5.41) is 11.4. The number of aliphatic hydroxyl groups excluding tert-OH is 1. The Morgan fingerprint density at radius 1 is 1.11 bits per heavy atom. The maximum Gasteiger partial charge on any atom is 0.295 e. The zero-order valence-corrected chi connectivity index (χ0v) is 22.3. The standard InChI is InChI=1S/C30H38N2O5/c1-5-16-37-25-15-12-22(18-20(25)4)28(33)26-27(21-10-13-23(14-11-21)31(6-2)7-3)32(30(35)29(26)34)19-24-9-8-17-36-24/h10-15,18,24,27,33H,5-9,16-17,19H2,1-4H3/b28-26-. The molecule has 0 aliphatic carbocycles. The van der Waals surface area contributed by atoms with Crippen molar-refractivity contribution in [2.24, 2.45) is 0 Å². The number of rotatable bonds is 10. The molecule has 0 radical (unpaired) electrons. The van der Waals surface area contributed by atoms with E-state index in [2.05, 4.69) is 18.7 Å². The molecule has 37 heavy (non-hydrogen) atoms. The first-order valence-electron chi connectivity index (χ1n) is 13.4. The number of carbonyl (C=O) groups is 2. The van der Waals surface area contributed by atoms with E-state index in [0.29, 0.717) is 25.3 Å². The molecule has 2 saturated heterocycles. The molecule has 1 amide bonds. The molecular weight excluding hydrogens is 468 g/mol. The average molecular weight is 507 g/mol. The summed E-state index contributed by atoms with van der Waals surface area (Å²) in [6.07, 6.45) is 2.55.